The number of urea groups is 1. The van der Waals surface area contributed by atoms with Crippen LogP contribution in [0.3, 0.4) is 0 Å². The number of hydrogen-bond acceptors (Lipinski definition) is 5. The molecule has 0 atom stereocenters. The molecule has 0 aliphatic heterocycles. The molecule has 0 unspecified atom stereocenters. The predicted octanol–water partition coefficient (Wildman–Crippen LogP) is 5.33. The molecule has 0 fully saturated rings. The molecule has 0 saturated carbocycles. The molecule has 0 aliphatic carbocycles. The van der Waals surface area contributed by atoms with Gasteiger partial charge in [0.05, 0.1) is 0 Å². The van der Waals surface area contributed by atoms with Crippen molar-refractivity contribution >= 4 is 34.7 Å². The van der Waals surface area contributed by atoms with E-state index in [1.807, 2.05) is 68.4 Å². The summed E-state index contributed by atoms with van der Waals surface area (Å²) in [5.74, 6) is 2.36. The molecule has 0 saturated heterocycles. The van der Waals surface area contributed by atoms with Crippen LogP contribution in [0, 0.1) is 13.8 Å². The average Bonchev–Trinajstić information content (AvgIpc) is 2.72. The van der Waals surface area contributed by atoms with E-state index in [1.165, 1.54) is 0 Å². The number of aromatic nitrogens is 2. The van der Waals surface area contributed by atoms with Crippen LogP contribution in [0.15, 0.2) is 54.6 Å². The molecular weight excluding hydrogens is 376 g/mol. The fourth-order valence-electron chi connectivity index (χ4n) is 3.11. The van der Waals surface area contributed by atoms with Gasteiger partial charge in [-0.3, -0.25) is 0 Å². The first-order chi connectivity index (χ1) is 14.5. The summed E-state index contributed by atoms with van der Waals surface area (Å²) < 4.78 is 0. The highest BCUT2D eigenvalue weighted by Crippen LogP contribution is 2.21. The molecular formula is C23H28N6O. The molecule has 0 radical (unpaired) electrons. The summed E-state index contributed by atoms with van der Waals surface area (Å²) in [4.78, 5) is 23.4. The lowest BCUT2D eigenvalue weighted by molar-refractivity contribution is 0.262. The molecule has 3 rings (SSSR count). The van der Waals surface area contributed by atoms with Gasteiger partial charge >= 0.3 is 6.03 Å². The van der Waals surface area contributed by atoms with E-state index in [2.05, 4.69) is 44.7 Å². The Morgan fingerprint density at radius 1 is 0.900 bits per heavy atom. The quantitative estimate of drug-likeness (QED) is 0.496. The van der Waals surface area contributed by atoms with Crippen LogP contribution >= 0.6 is 0 Å². The first-order valence-electron chi connectivity index (χ1n) is 10.1. The molecule has 0 aliphatic rings. The number of amides is 2. The number of benzene rings is 2. The Morgan fingerprint density at radius 3 is 2.23 bits per heavy atom. The Morgan fingerprint density at radius 2 is 1.57 bits per heavy atom. The van der Waals surface area contributed by atoms with Gasteiger partial charge in [-0.25, -0.2) is 14.8 Å². The summed E-state index contributed by atoms with van der Waals surface area (Å²) >= 11 is 0. The van der Waals surface area contributed by atoms with Crippen molar-refractivity contribution < 1.29 is 4.79 Å². The summed E-state index contributed by atoms with van der Waals surface area (Å²) in [5.41, 5.74) is 3.38. The van der Waals surface area contributed by atoms with Gasteiger partial charge in [-0.1, -0.05) is 18.2 Å². The molecule has 0 bridgehead atoms. The van der Waals surface area contributed by atoms with Crippen molar-refractivity contribution in [2.24, 2.45) is 0 Å². The molecule has 2 amide bonds. The fraction of sp³-hybridized carbons (Fsp3) is 0.261. The first kappa shape index (κ1) is 21.1. The van der Waals surface area contributed by atoms with E-state index in [0.717, 1.165) is 41.7 Å². The van der Waals surface area contributed by atoms with E-state index in [9.17, 15) is 4.79 Å². The van der Waals surface area contributed by atoms with Crippen LogP contribution in [0.2, 0.25) is 0 Å². The number of carbonyl (C=O) groups is 1. The smallest absolute Gasteiger partial charge is 0.323 e. The maximum absolute atomic E-state index is 12.2. The first-order valence-corrected chi connectivity index (χ1v) is 10.1. The number of para-hydroxylation sites is 1. The van der Waals surface area contributed by atoms with Crippen molar-refractivity contribution in [3.63, 3.8) is 0 Å². The Labute approximate surface area is 177 Å². The lowest BCUT2D eigenvalue weighted by Gasteiger charge is -2.20. The zero-order valence-electron chi connectivity index (χ0n) is 17.9. The lowest BCUT2D eigenvalue weighted by Crippen LogP contribution is -2.23. The second kappa shape index (κ2) is 9.73. The highest BCUT2D eigenvalue weighted by molar-refractivity contribution is 6.00. The Bertz CT molecular complexity index is 999. The standard InChI is InChI=1S/C23H28N6O/c1-5-29(6-2)22-15-21(24-17(4)25-22)26-18-11-13-19(14-12-18)27-23(30)28-20-10-8-7-9-16(20)3/h7-15H,5-6H2,1-4H3,(H,24,25,26)(H2,27,28,30). The van der Waals surface area contributed by atoms with Crippen LogP contribution in [-0.2, 0) is 0 Å². The van der Waals surface area contributed by atoms with Gasteiger partial charge in [0.2, 0.25) is 0 Å². The summed E-state index contributed by atoms with van der Waals surface area (Å²) in [6, 6.07) is 16.8. The second-order valence-corrected chi connectivity index (χ2v) is 6.93. The highest BCUT2D eigenvalue weighted by atomic mass is 16.2. The SMILES string of the molecule is CCN(CC)c1cc(Nc2ccc(NC(=O)Nc3ccccc3C)cc2)nc(C)n1. The van der Waals surface area contributed by atoms with E-state index in [1.54, 1.807) is 0 Å². The third-order valence-electron chi connectivity index (χ3n) is 4.72. The number of aryl methyl sites for hydroxylation is 2. The summed E-state index contributed by atoms with van der Waals surface area (Å²) in [7, 11) is 0. The van der Waals surface area contributed by atoms with E-state index in [-0.39, 0.29) is 6.03 Å². The fourth-order valence-corrected chi connectivity index (χ4v) is 3.11. The van der Waals surface area contributed by atoms with E-state index in [4.69, 9.17) is 0 Å². The molecule has 0 spiro atoms. The molecule has 2 aromatic carbocycles. The third kappa shape index (κ3) is 5.47. The van der Waals surface area contributed by atoms with E-state index >= 15 is 0 Å². The maximum Gasteiger partial charge on any atom is 0.323 e. The van der Waals surface area contributed by atoms with Crippen LogP contribution in [0.25, 0.3) is 0 Å². The number of anilines is 5. The van der Waals surface area contributed by atoms with Crippen LogP contribution < -0.4 is 20.9 Å². The predicted molar refractivity (Wildman–Crippen MR) is 124 cm³/mol. The molecule has 7 heteroatoms. The zero-order chi connectivity index (χ0) is 21.5. The molecule has 156 valence electrons. The van der Waals surface area contributed by atoms with Crippen molar-refractivity contribution in [1.29, 1.82) is 0 Å². The lowest BCUT2D eigenvalue weighted by atomic mass is 10.2. The van der Waals surface area contributed by atoms with Gasteiger partial charge in [-0.15, -0.1) is 0 Å². The molecule has 1 heterocycles. The van der Waals surface area contributed by atoms with Crippen LogP contribution in [-0.4, -0.2) is 29.1 Å². The number of nitrogens with zero attached hydrogens (tertiary/aromatic N) is 3. The third-order valence-corrected chi connectivity index (χ3v) is 4.72. The molecule has 1 aromatic heterocycles. The van der Waals surface area contributed by atoms with Crippen LogP contribution in [0.4, 0.5) is 33.5 Å². The van der Waals surface area contributed by atoms with Crippen molar-refractivity contribution in [1.82, 2.24) is 9.97 Å². The van der Waals surface area contributed by atoms with Crippen molar-refractivity contribution in [2.75, 3.05) is 33.9 Å². The summed E-state index contributed by atoms with van der Waals surface area (Å²) in [6.45, 7) is 9.83. The topological polar surface area (TPSA) is 82.2 Å². The minimum absolute atomic E-state index is 0.278. The largest absolute Gasteiger partial charge is 0.357 e. The van der Waals surface area contributed by atoms with Gasteiger partial charge in [-0.05, 0) is 63.6 Å². The summed E-state index contributed by atoms with van der Waals surface area (Å²) in [6.07, 6.45) is 0. The monoisotopic (exact) mass is 404 g/mol. The van der Waals surface area contributed by atoms with Gasteiger partial charge in [0, 0.05) is 36.2 Å². The number of hydrogen-bond donors (Lipinski definition) is 3. The maximum atomic E-state index is 12.2. The zero-order valence-corrected chi connectivity index (χ0v) is 17.9. The van der Waals surface area contributed by atoms with E-state index in [0.29, 0.717) is 11.5 Å². The summed E-state index contributed by atoms with van der Waals surface area (Å²) in [5, 5.41) is 9.02. The number of rotatable bonds is 7. The molecule has 3 aromatic rings. The van der Waals surface area contributed by atoms with Crippen LogP contribution in [0.1, 0.15) is 25.2 Å². The van der Waals surface area contributed by atoms with Gasteiger partial charge < -0.3 is 20.9 Å². The van der Waals surface area contributed by atoms with Gasteiger partial charge in [0.15, 0.2) is 0 Å². The number of carbonyl (C=O) groups excluding carboxylic acids is 1. The Balaban J connectivity index is 1.65. The molecule has 30 heavy (non-hydrogen) atoms. The average molecular weight is 405 g/mol. The molecule has 3 N–H and O–H groups in total. The molecule has 7 nitrogen and oxygen atoms in total. The highest BCUT2D eigenvalue weighted by Gasteiger charge is 2.08. The van der Waals surface area contributed by atoms with Crippen molar-refractivity contribution in [3.05, 3.63) is 66.0 Å². The Hall–Kier alpha value is -3.61. The minimum atomic E-state index is -0.278. The normalized spacial score (nSPS) is 10.4. The van der Waals surface area contributed by atoms with Crippen LogP contribution in [0.5, 0.6) is 0 Å². The van der Waals surface area contributed by atoms with Crippen molar-refractivity contribution in [3.8, 4) is 0 Å². The van der Waals surface area contributed by atoms with Gasteiger partial charge in [0.1, 0.15) is 17.5 Å². The number of nitrogens with one attached hydrogen (secondary N) is 3. The van der Waals surface area contributed by atoms with Gasteiger partial charge in [0.25, 0.3) is 0 Å². The van der Waals surface area contributed by atoms with E-state index < -0.39 is 0 Å². The Kier molecular flexibility index (Phi) is 6.85. The minimum Gasteiger partial charge on any atom is -0.357 e. The van der Waals surface area contributed by atoms with Crippen molar-refractivity contribution in [2.45, 2.75) is 27.7 Å². The second-order valence-electron chi connectivity index (χ2n) is 6.93. The van der Waals surface area contributed by atoms with Gasteiger partial charge in [-0.2, -0.15) is 0 Å².